The first-order chi connectivity index (χ1) is 7.67. The van der Waals surface area contributed by atoms with Gasteiger partial charge in [0.25, 0.3) is 5.91 Å². The van der Waals surface area contributed by atoms with Gasteiger partial charge in [-0.15, -0.1) is 0 Å². The number of halogens is 1. The third kappa shape index (κ3) is 3.83. The summed E-state index contributed by atoms with van der Waals surface area (Å²) < 4.78 is 6.17. The van der Waals surface area contributed by atoms with Gasteiger partial charge in [0.1, 0.15) is 5.75 Å². The zero-order valence-corrected chi connectivity index (χ0v) is 10.6. The Morgan fingerprint density at radius 1 is 1.56 bits per heavy atom. The van der Waals surface area contributed by atoms with E-state index in [2.05, 4.69) is 21.2 Å². The fourth-order valence-corrected chi connectivity index (χ4v) is 1.61. The number of ether oxygens (including phenoxy) is 1. The molecule has 0 fully saturated rings. The minimum atomic E-state index is -0.172. The van der Waals surface area contributed by atoms with E-state index in [-0.39, 0.29) is 19.1 Å². The van der Waals surface area contributed by atoms with Gasteiger partial charge in [-0.05, 0) is 25.1 Å². The summed E-state index contributed by atoms with van der Waals surface area (Å²) in [6.07, 6.45) is 0. The molecule has 0 unspecified atom stereocenters. The molecule has 0 aliphatic carbocycles. The fourth-order valence-electron chi connectivity index (χ4n) is 1.20. The molecular weight excluding hydrogens is 274 g/mol. The molecule has 0 aromatic heterocycles. The summed E-state index contributed by atoms with van der Waals surface area (Å²) in [5.74, 6) is 0.353. The third-order valence-corrected chi connectivity index (χ3v) is 2.42. The maximum atomic E-state index is 11.2. The van der Waals surface area contributed by atoms with Crippen LogP contribution in [0.5, 0.6) is 5.75 Å². The topological polar surface area (TPSA) is 58.6 Å². The van der Waals surface area contributed by atoms with Crippen molar-refractivity contribution < 1.29 is 14.6 Å². The molecule has 1 rings (SSSR count). The van der Waals surface area contributed by atoms with E-state index in [1.54, 1.807) is 18.2 Å². The highest BCUT2D eigenvalue weighted by atomic mass is 79.9. The van der Waals surface area contributed by atoms with Gasteiger partial charge in [0.2, 0.25) is 0 Å². The standard InChI is InChI=1S/C11H14BrNO3/c1-2-13-11(15)7-16-10-4-3-9(12)5-8(10)6-14/h3-5,14H,2,6-7H2,1H3,(H,13,15). The van der Waals surface area contributed by atoms with Gasteiger partial charge in [0.05, 0.1) is 6.61 Å². The summed E-state index contributed by atoms with van der Waals surface area (Å²) in [6.45, 7) is 2.26. The molecule has 0 bridgehead atoms. The van der Waals surface area contributed by atoms with Crippen molar-refractivity contribution in [1.29, 1.82) is 0 Å². The number of aliphatic hydroxyl groups excluding tert-OH is 1. The largest absolute Gasteiger partial charge is 0.483 e. The Balaban J connectivity index is 2.63. The van der Waals surface area contributed by atoms with Crippen molar-refractivity contribution in [3.8, 4) is 5.75 Å². The van der Waals surface area contributed by atoms with Crippen LogP contribution in [0.1, 0.15) is 12.5 Å². The summed E-state index contributed by atoms with van der Waals surface area (Å²) >= 11 is 3.30. The molecule has 0 saturated carbocycles. The fraction of sp³-hybridized carbons (Fsp3) is 0.364. The van der Waals surface area contributed by atoms with E-state index in [0.717, 1.165) is 4.47 Å². The second-order valence-electron chi connectivity index (χ2n) is 3.15. The van der Waals surface area contributed by atoms with Crippen LogP contribution >= 0.6 is 15.9 Å². The summed E-state index contributed by atoms with van der Waals surface area (Å²) in [7, 11) is 0. The summed E-state index contributed by atoms with van der Waals surface area (Å²) in [4.78, 5) is 11.2. The van der Waals surface area contributed by atoms with E-state index < -0.39 is 0 Å². The molecule has 1 aromatic rings. The molecule has 1 aromatic carbocycles. The Labute approximate surface area is 103 Å². The Morgan fingerprint density at radius 3 is 2.94 bits per heavy atom. The Hall–Kier alpha value is -1.07. The normalized spacial score (nSPS) is 9.94. The average Bonchev–Trinajstić information content (AvgIpc) is 2.27. The van der Waals surface area contributed by atoms with Crippen molar-refractivity contribution in [2.45, 2.75) is 13.5 Å². The summed E-state index contributed by atoms with van der Waals surface area (Å²) in [6, 6.07) is 5.27. The van der Waals surface area contributed by atoms with E-state index in [0.29, 0.717) is 17.9 Å². The van der Waals surface area contributed by atoms with Crippen LogP contribution in [0.15, 0.2) is 22.7 Å². The van der Waals surface area contributed by atoms with Gasteiger partial charge in [-0.3, -0.25) is 4.79 Å². The molecule has 2 N–H and O–H groups in total. The maximum absolute atomic E-state index is 11.2. The number of nitrogens with one attached hydrogen (secondary N) is 1. The number of likely N-dealkylation sites (N-methyl/N-ethyl adjacent to an activating group) is 1. The maximum Gasteiger partial charge on any atom is 0.257 e. The molecule has 5 heteroatoms. The van der Waals surface area contributed by atoms with Gasteiger partial charge in [0, 0.05) is 16.6 Å². The van der Waals surface area contributed by atoms with Crippen molar-refractivity contribution in [3.63, 3.8) is 0 Å². The molecule has 0 heterocycles. The molecule has 88 valence electrons. The van der Waals surface area contributed by atoms with Crippen molar-refractivity contribution in [1.82, 2.24) is 5.32 Å². The highest BCUT2D eigenvalue weighted by molar-refractivity contribution is 9.10. The molecule has 16 heavy (non-hydrogen) atoms. The number of amides is 1. The molecular formula is C11H14BrNO3. The minimum absolute atomic E-state index is 0.0392. The molecule has 0 aliphatic heterocycles. The Bertz CT molecular complexity index is 368. The van der Waals surface area contributed by atoms with Crippen LogP contribution < -0.4 is 10.1 Å². The predicted molar refractivity (Wildman–Crippen MR) is 64.2 cm³/mol. The zero-order chi connectivity index (χ0) is 12.0. The zero-order valence-electron chi connectivity index (χ0n) is 9.00. The van der Waals surface area contributed by atoms with Gasteiger partial charge < -0.3 is 15.2 Å². The molecule has 0 atom stereocenters. The Morgan fingerprint density at radius 2 is 2.31 bits per heavy atom. The Kier molecular flexibility index (Phi) is 5.28. The van der Waals surface area contributed by atoms with Gasteiger partial charge in [-0.1, -0.05) is 15.9 Å². The lowest BCUT2D eigenvalue weighted by atomic mass is 10.2. The smallest absolute Gasteiger partial charge is 0.257 e. The number of rotatable bonds is 5. The number of aliphatic hydroxyl groups is 1. The molecule has 4 nitrogen and oxygen atoms in total. The summed E-state index contributed by atoms with van der Waals surface area (Å²) in [5, 5.41) is 11.7. The monoisotopic (exact) mass is 287 g/mol. The molecule has 1 amide bonds. The first-order valence-corrected chi connectivity index (χ1v) is 5.75. The van der Waals surface area contributed by atoms with Crippen molar-refractivity contribution in [2.24, 2.45) is 0 Å². The van der Waals surface area contributed by atoms with Gasteiger partial charge >= 0.3 is 0 Å². The highest BCUT2D eigenvalue weighted by Gasteiger charge is 2.06. The van der Waals surface area contributed by atoms with Crippen molar-refractivity contribution >= 4 is 21.8 Å². The number of hydrogen-bond acceptors (Lipinski definition) is 3. The van der Waals surface area contributed by atoms with E-state index >= 15 is 0 Å². The third-order valence-electron chi connectivity index (χ3n) is 1.93. The van der Waals surface area contributed by atoms with Crippen molar-refractivity contribution in [3.05, 3.63) is 28.2 Å². The minimum Gasteiger partial charge on any atom is -0.483 e. The predicted octanol–water partition coefficient (Wildman–Crippen LogP) is 1.46. The first-order valence-electron chi connectivity index (χ1n) is 4.96. The second kappa shape index (κ2) is 6.50. The highest BCUT2D eigenvalue weighted by Crippen LogP contribution is 2.23. The number of carbonyl (C=O) groups excluding carboxylic acids is 1. The SMILES string of the molecule is CCNC(=O)COc1ccc(Br)cc1CO. The van der Waals surface area contributed by atoms with Gasteiger partial charge in [-0.2, -0.15) is 0 Å². The van der Waals surface area contributed by atoms with Crippen LogP contribution in [0, 0.1) is 0 Å². The number of carbonyl (C=O) groups is 1. The van der Waals surface area contributed by atoms with Gasteiger partial charge in [0.15, 0.2) is 6.61 Å². The van der Waals surface area contributed by atoms with E-state index in [4.69, 9.17) is 9.84 Å². The van der Waals surface area contributed by atoms with Crippen LogP contribution in [0.3, 0.4) is 0 Å². The quantitative estimate of drug-likeness (QED) is 0.862. The first kappa shape index (κ1) is 13.0. The lowest BCUT2D eigenvalue weighted by molar-refractivity contribution is -0.123. The molecule has 0 saturated heterocycles. The molecule has 0 radical (unpaired) electrons. The second-order valence-corrected chi connectivity index (χ2v) is 4.07. The number of benzene rings is 1. The lowest BCUT2D eigenvalue weighted by Gasteiger charge is -2.10. The van der Waals surface area contributed by atoms with E-state index in [9.17, 15) is 4.79 Å². The van der Waals surface area contributed by atoms with E-state index in [1.807, 2.05) is 6.92 Å². The van der Waals surface area contributed by atoms with E-state index in [1.165, 1.54) is 0 Å². The van der Waals surface area contributed by atoms with Crippen LogP contribution in [0.2, 0.25) is 0 Å². The van der Waals surface area contributed by atoms with Crippen LogP contribution in [0.4, 0.5) is 0 Å². The van der Waals surface area contributed by atoms with Gasteiger partial charge in [-0.25, -0.2) is 0 Å². The number of hydrogen-bond donors (Lipinski definition) is 2. The lowest BCUT2D eigenvalue weighted by Crippen LogP contribution is -2.28. The molecule has 0 spiro atoms. The van der Waals surface area contributed by atoms with Crippen LogP contribution in [-0.4, -0.2) is 24.2 Å². The van der Waals surface area contributed by atoms with Crippen LogP contribution in [0.25, 0.3) is 0 Å². The average molecular weight is 288 g/mol. The van der Waals surface area contributed by atoms with Crippen LogP contribution in [-0.2, 0) is 11.4 Å². The van der Waals surface area contributed by atoms with Crippen molar-refractivity contribution in [2.75, 3.05) is 13.2 Å². The molecule has 0 aliphatic rings. The summed E-state index contributed by atoms with van der Waals surface area (Å²) in [5.41, 5.74) is 0.652.